The molecule has 0 aromatic heterocycles. The summed E-state index contributed by atoms with van der Waals surface area (Å²) in [6, 6.07) is -1.49. The van der Waals surface area contributed by atoms with Gasteiger partial charge in [-0.25, -0.2) is 0 Å². The fourth-order valence-electron chi connectivity index (χ4n) is 1.18. The van der Waals surface area contributed by atoms with E-state index in [1.54, 1.807) is 6.92 Å². The number of carbonyl (C=O) groups is 2. The molecule has 0 saturated heterocycles. The predicted octanol–water partition coefficient (Wildman–Crippen LogP) is -1.09. The van der Waals surface area contributed by atoms with Crippen molar-refractivity contribution in [3.8, 4) is 0 Å². The summed E-state index contributed by atoms with van der Waals surface area (Å²) in [6.07, 6.45) is -1.01. The van der Waals surface area contributed by atoms with Crippen LogP contribution in [0.1, 0.15) is 13.3 Å². The number of methoxy groups -OCH3 is 2. The molecule has 0 aromatic carbocycles. The van der Waals surface area contributed by atoms with Gasteiger partial charge in [0, 0.05) is 14.2 Å². The zero-order valence-corrected chi connectivity index (χ0v) is 9.60. The summed E-state index contributed by atoms with van der Waals surface area (Å²) >= 11 is 0. The minimum absolute atomic E-state index is 0.414. The molecule has 16 heavy (non-hydrogen) atoms. The van der Waals surface area contributed by atoms with Crippen LogP contribution in [0.3, 0.4) is 0 Å². The smallest absolute Gasteiger partial charge is 0.305 e. The molecule has 0 aromatic rings. The van der Waals surface area contributed by atoms with E-state index in [-0.39, 0.29) is 0 Å². The van der Waals surface area contributed by atoms with Gasteiger partial charge in [-0.1, -0.05) is 0 Å². The lowest BCUT2D eigenvalue weighted by Gasteiger charge is -2.23. The molecule has 0 aliphatic heterocycles. The van der Waals surface area contributed by atoms with E-state index in [0.717, 1.165) is 0 Å². The lowest BCUT2D eigenvalue weighted by molar-refractivity contribution is -0.142. The Balaban J connectivity index is 4.17. The van der Waals surface area contributed by atoms with E-state index in [1.807, 2.05) is 0 Å². The molecule has 2 atom stereocenters. The Morgan fingerprint density at radius 3 is 2.25 bits per heavy atom. The maximum atomic E-state index is 11.4. The molecular formula is C9H18N2O5. The number of carboxylic acid groups (broad SMARTS) is 1. The van der Waals surface area contributed by atoms with Crippen molar-refractivity contribution in [3.05, 3.63) is 0 Å². The Morgan fingerprint density at radius 1 is 1.38 bits per heavy atom. The van der Waals surface area contributed by atoms with Crippen molar-refractivity contribution in [2.24, 2.45) is 5.73 Å². The highest BCUT2D eigenvalue weighted by atomic mass is 16.7. The number of nitrogens with two attached hydrogens (primary N) is 1. The topological polar surface area (TPSA) is 111 Å². The van der Waals surface area contributed by atoms with Crippen molar-refractivity contribution >= 4 is 11.9 Å². The van der Waals surface area contributed by atoms with Gasteiger partial charge in [-0.15, -0.1) is 0 Å². The number of rotatable bonds is 7. The first-order chi connectivity index (χ1) is 7.42. The second-order valence-electron chi connectivity index (χ2n) is 3.34. The Hall–Kier alpha value is -1.18. The minimum Gasteiger partial charge on any atom is -0.481 e. The van der Waals surface area contributed by atoms with Crippen LogP contribution >= 0.6 is 0 Å². The van der Waals surface area contributed by atoms with E-state index in [2.05, 4.69) is 5.32 Å². The minimum atomic E-state index is -1.12. The van der Waals surface area contributed by atoms with E-state index in [9.17, 15) is 9.59 Å². The van der Waals surface area contributed by atoms with Gasteiger partial charge in [-0.05, 0) is 6.92 Å². The SMILES string of the molecule is COC(OC)C(C)NC(=O)C(N)CC(=O)O. The Bertz CT molecular complexity index is 242. The Kier molecular flexibility index (Phi) is 6.63. The average Bonchev–Trinajstić information content (AvgIpc) is 2.18. The largest absolute Gasteiger partial charge is 0.481 e. The summed E-state index contributed by atoms with van der Waals surface area (Å²) in [5, 5.41) is 11.0. The normalized spacial score (nSPS) is 14.6. The molecule has 7 heteroatoms. The monoisotopic (exact) mass is 234 g/mol. The van der Waals surface area contributed by atoms with Gasteiger partial charge in [0.25, 0.3) is 0 Å². The van der Waals surface area contributed by atoms with Crippen LogP contribution in [0.2, 0.25) is 0 Å². The Labute approximate surface area is 93.9 Å². The lowest BCUT2D eigenvalue weighted by atomic mass is 10.2. The number of ether oxygens (including phenoxy) is 2. The summed E-state index contributed by atoms with van der Waals surface area (Å²) < 4.78 is 9.86. The standard InChI is InChI=1S/C9H18N2O5/c1-5(9(15-2)16-3)11-8(14)6(10)4-7(12)13/h5-6,9H,4,10H2,1-3H3,(H,11,14)(H,12,13). The van der Waals surface area contributed by atoms with Crippen molar-refractivity contribution in [1.29, 1.82) is 0 Å². The molecule has 2 unspecified atom stereocenters. The summed E-state index contributed by atoms with van der Waals surface area (Å²) in [5.41, 5.74) is 5.37. The van der Waals surface area contributed by atoms with Crippen LogP contribution in [0.4, 0.5) is 0 Å². The van der Waals surface area contributed by atoms with Crippen molar-refractivity contribution in [2.75, 3.05) is 14.2 Å². The molecular weight excluding hydrogens is 216 g/mol. The molecule has 1 amide bonds. The van der Waals surface area contributed by atoms with Crippen LogP contribution in [0.15, 0.2) is 0 Å². The van der Waals surface area contributed by atoms with Crippen LogP contribution in [0.25, 0.3) is 0 Å². The highest BCUT2D eigenvalue weighted by Gasteiger charge is 2.22. The average molecular weight is 234 g/mol. The van der Waals surface area contributed by atoms with Crippen molar-refractivity contribution < 1.29 is 24.2 Å². The fourth-order valence-corrected chi connectivity index (χ4v) is 1.18. The van der Waals surface area contributed by atoms with Crippen LogP contribution in [0, 0.1) is 0 Å². The number of hydrogen-bond donors (Lipinski definition) is 3. The van der Waals surface area contributed by atoms with E-state index < -0.39 is 36.7 Å². The first-order valence-electron chi connectivity index (χ1n) is 4.75. The van der Waals surface area contributed by atoms with Crippen LogP contribution in [-0.4, -0.2) is 49.6 Å². The van der Waals surface area contributed by atoms with Crippen LogP contribution in [-0.2, 0) is 19.1 Å². The van der Waals surface area contributed by atoms with Gasteiger partial charge in [-0.2, -0.15) is 0 Å². The van der Waals surface area contributed by atoms with E-state index in [0.29, 0.717) is 0 Å². The van der Waals surface area contributed by atoms with Crippen molar-refractivity contribution in [1.82, 2.24) is 5.32 Å². The molecule has 0 radical (unpaired) electrons. The first-order valence-corrected chi connectivity index (χ1v) is 4.75. The van der Waals surface area contributed by atoms with Crippen molar-refractivity contribution in [3.63, 3.8) is 0 Å². The van der Waals surface area contributed by atoms with Gasteiger partial charge in [0.15, 0.2) is 6.29 Å². The van der Waals surface area contributed by atoms with Gasteiger partial charge in [-0.3, -0.25) is 9.59 Å². The van der Waals surface area contributed by atoms with Crippen LogP contribution < -0.4 is 11.1 Å². The van der Waals surface area contributed by atoms with E-state index in [1.165, 1.54) is 14.2 Å². The summed E-state index contributed by atoms with van der Waals surface area (Å²) in [5.74, 6) is -1.67. The molecule has 0 aliphatic rings. The van der Waals surface area contributed by atoms with E-state index in [4.69, 9.17) is 20.3 Å². The number of carbonyl (C=O) groups excluding carboxylic acids is 1. The van der Waals surface area contributed by atoms with Gasteiger partial charge < -0.3 is 25.6 Å². The molecule has 0 saturated carbocycles. The second kappa shape index (κ2) is 7.15. The third kappa shape index (κ3) is 5.06. The predicted molar refractivity (Wildman–Crippen MR) is 55.6 cm³/mol. The zero-order valence-electron chi connectivity index (χ0n) is 9.60. The summed E-state index contributed by atoms with van der Waals surface area (Å²) in [7, 11) is 2.88. The van der Waals surface area contributed by atoms with Gasteiger partial charge >= 0.3 is 5.97 Å². The zero-order chi connectivity index (χ0) is 12.7. The number of amides is 1. The molecule has 0 heterocycles. The molecule has 0 rings (SSSR count). The highest BCUT2D eigenvalue weighted by molar-refractivity contribution is 5.86. The van der Waals surface area contributed by atoms with Crippen LogP contribution in [0.5, 0.6) is 0 Å². The maximum absolute atomic E-state index is 11.4. The quantitative estimate of drug-likeness (QED) is 0.483. The molecule has 0 aliphatic carbocycles. The van der Waals surface area contributed by atoms with E-state index >= 15 is 0 Å². The number of hydrogen-bond acceptors (Lipinski definition) is 5. The van der Waals surface area contributed by atoms with Crippen molar-refractivity contribution in [2.45, 2.75) is 31.7 Å². The third-order valence-corrected chi connectivity index (χ3v) is 1.97. The fraction of sp³-hybridized carbons (Fsp3) is 0.778. The van der Waals surface area contributed by atoms with Gasteiger partial charge in [0.2, 0.25) is 5.91 Å². The lowest BCUT2D eigenvalue weighted by Crippen LogP contribution is -2.49. The molecule has 0 fully saturated rings. The number of nitrogens with one attached hydrogen (secondary N) is 1. The first kappa shape index (κ1) is 14.8. The number of carboxylic acids is 1. The molecule has 4 N–H and O–H groups in total. The molecule has 0 bridgehead atoms. The molecule has 94 valence electrons. The molecule has 7 nitrogen and oxygen atoms in total. The summed E-state index contributed by atoms with van der Waals surface area (Å²) in [4.78, 5) is 21.8. The Morgan fingerprint density at radius 2 is 1.88 bits per heavy atom. The van der Waals surface area contributed by atoms with Gasteiger partial charge in [0.05, 0.1) is 18.5 Å². The third-order valence-electron chi connectivity index (χ3n) is 1.97. The summed E-state index contributed by atoms with van der Waals surface area (Å²) in [6.45, 7) is 1.67. The highest BCUT2D eigenvalue weighted by Crippen LogP contribution is 1.99. The second-order valence-corrected chi connectivity index (χ2v) is 3.34. The molecule has 0 spiro atoms. The maximum Gasteiger partial charge on any atom is 0.305 e. The van der Waals surface area contributed by atoms with Gasteiger partial charge in [0.1, 0.15) is 0 Å². The number of aliphatic carboxylic acids is 1.